The number of anilines is 1. The quantitative estimate of drug-likeness (QED) is 0.936. The zero-order valence-corrected chi connectivity index (χ0v) is 11.1. The molecule has 2 heterocycles. The molecule has 3 rings (SSSR count). The largest absolute Gasteiger partial charge is 0.491 e. The number of fused-ring (bicyclic) bond motifs is 1. The number of ether oxygens (including phenoxy) is 1. The number of furan rings is 1. The van der Waals surface area contributed by atoms with E-state index < -0.39 is 5.97 Å². The molecule has 0 radical (unpaired) electrons. The topological polar surface area (TPSA) is 80.0 Å². The van der Waals surface area contributed by atoms with Gasteiger partial charge in [0.15, 0.2) is 0 Å². The molecule has 0 unspecified atom stereocenters. The number of carboxylic acid groups (broad SMARTS) is 1. The third-order valence-corrected chi connectivity index (χ3v) is 3.31. The van der Waals surface area contributed by atoms with Gasteiger partial charge in [-0.1, -0.05) is 12.1 Å². The van der Waals surface area contributed by atoms with E-state index in [9.17, 15) is 9.59 Å². The van der Waals surface area contributed by atoms with E-state index >= 15 is 0 Å². The maximum absolute atomic E-state index is 12.2. The number of rotatable bonds is 3. The van der Waals surface area contributed by atoms with Crippen molar-refractivity contribution in [3.63, 3.8) is 0 Å². The van der Waals surface area contributed by atoms with Crippen LogP contribution in [0.1, 0.15) is 22.5 Å². The van der Waals surface area contributed by atoms with E-state index in [2.05, 4.69) is 0 Å². The molecule has 1 aromatic carbocycles. The minimum atomic E-state index is -1.08. The number of amides is 1. The number of hydrogen-bond donors (Lipinski definition) is 1. The average Bonchev–Trinajstić information content (AvgIpc) is 2.87. The van der Waals surface area contributed by atoms with Crippen LogP contribution in [0.4, 0.5) is 5.69 Å². The highest BCUT2D eigenvalue weighted by Gasteiger charge is 2.26. The van der Waals surface area contributed by atoms with Crippen LogP contribution in [0.3, 0.4) is 0 Å². The first-order chi connectivity index (χ1) is 10.2. The average molecular weight is 287 g/mol. The van der Waals surface area contributed by atoms with E-state index in [1.165, 1.54) is 17.2 Å². The molecule has 1 amide bonds. The fourth-order valence-electron chi connectivity index (χ4n) is 2.29. The molecule has 6 heteroatoms. The fourth-order valence-corrected chi connectivity index (χ4v) is 2.29. The highest BCUT2D eigenvalue weighted by molar-refractivity contribution is 5.96. The summed E-state index contributed by atoms with van der Waals surface area (Å²) in [5, 5.41) is 9.11. The number of aromatic carboxylic acids is 1. The van der Waals surface area contributed by atoms with Gasteiger partial charge in [0, 0.05) is 0 Å². The standard InChI is InChI=1S/C15H13NO5/c17-14-6-8-20-12-4-2-1-3-11(12)16(14)9-13-10(15(18)19)5-7-21-13/h1-5,7H,6,8-9H2,(H,18,19). The third-order valence-electron chi connectivity index (χ3n) is 3.31. The van der Waals surface area contributed by atoms with Gasteiger partial charge in [0.05, 0.1) is 31.5 Å². The monoisotopic (exact) mass is 287 g/mol. The van der Waals surface area contributed by atoms with E-state index in [4.69, 9.17) is 14.3 Å². The van der Waals surface area contributed by atoms with Gasteiger partial charge in [-0.3, -0.25) is 4.79 Å². The summed E-state index contributed by atoms with van der Waals surface area (Å²) in [5.74, 6) is -0.363. The summed E-state index contributed by atoms with van der Waals surface area (Å²) in [7, 11) is 0. The van der Waals surface area contributed by atoms with Gasteiger partial charge in [-0.05, 0) is 18.2 Å². The van der Waals surface area contributed by atoms with Crippen molar-refractivity contribution in [1.29, 1.82) is 0 Å². The van der Waals surface area contributed by atoms with Crippen LogP contribution >= 0.6 is 0 Å². The number of carbonyl (C=O) groups excluding carboxylic acids is 1. The van der Waals surface area contributed by atoms with Crippen molar-refractivity contribution in [2.24, 2.45) is 0 Å². The Morgan fingerprint density at radius 1 is 1.29 bits per heavy atom. The van der Waals surface area contributed by atoms with E-state index in [0.29, 0.717) is 18.0 Å². The number of hydrogen-bond acceptors (Lipinski definition) is 4. The molecule has 1 aromatic heterocycles. The zero-order chi connectivity index (χ0) is 14.8. The normalized spacial score (nSPS) is 14.3. The molecular weight excluding hydrogens is 274 g/mol. The Morgan fingerprint density at radius 3 is 2.90 bits per heavy atom. The lowest BCUT2D eigenvalue weighted by atomic mass is 10.2. The molecule has 1 aliphatic heterocycles. The zero-order valence-electron chi connectivity index (χ0n) is 11.1. The van der Waals surface area contributed by atoms with E-state index in [1.54, 1.807) is 18.2 Å². The second-order valence-electron chi connectivity index (χ2n) is 4.61. The van der Waals surface area contributed by atoms with Crippen molar-refractivity contribution in [2.45, 2.75) is 13.0 Å². The molecule has 0 fully saturated rings. The van der Waals surface area contributed by atoms with Crippen LogP contribution in [0.5, 0.6) is 5.75 Å². The van der Waals surface area contributed by atoms with Gasteiger partial charge in [-0.15, -0.1) is 0 Å². The number of carbonyl (C=O) groups is 2. The van der Waals surface area contributed by atoms with Crippen molar-refractivity contribution in [1.82, 2.24) is 0 Å². The molecule has 0 bridgehead atoms. The Morgan fingerprint density at radius 2 is 2.10 bits per heavy atom. The summed E-state index contributed by atoms with van der Waals surface area (Å²) in [6, 6.07) is 8.54. The van der Waals surface area contributed by atoms with Gasteiger partial charge in [0.25, 0.3) is 0 Å². The molecule has 0 saturated carbocycles. The smallest absolute Gasteiger partial charge is 0.339 e. The lowest BCUT2D eigenvalue weighted by molar-refractivity contribution is -0.119. The SMILES string of the molecule is O=C(O)c1ccoc1CN1C(=O)CCOc2ccccc21. The van der Waals surface area contributed by atoms with Crippen LogP contribution < -0.4 is 9.64 Å². The van der Waals surface area contributed by atoms with Crippen LogP contribution in [0.25, 0.3) is 0 Å². The van der Waals surface area contributed by atoms with Crippen LogP contribution in [-0.2, 0) is 11.3 Å². The summed E-state index contributed by atoms with van der Waals surface area (Å²) in [6.45, 7) is 0.365. The summed E-state index contributed by atoms with van der Waals surface area (Å²) in [4.78, 5) is 24.9. The Balaban J connectivity index is 1.98. The van der Waals surface area contributed by atoms with Gasteiger partial charge in [-0.2, -0.15) is 0 Å². The second kappa shape index (κ2) is 5.32. The summed E-state index contributed by atoms with van der Waals surface area (Å²) < 4.78 is 10.8. The molecule has 2 aromatic rings. The molecule has 0 atom stereocenters. The number of para-hydroxylation sites is 2. The molecule has 0 aliphatic carbocycles. The van der Waals surface area contributed by atoms with Crippen LogP contribution in [0.15, 0.2) is 41.0 Å². The van der Waals surface area contributed by atoms with Gasteiger partial charge < -0.3 is 19.2 Å². The van der Waals surface area contributed by atoms with Gasteiger partial charge in [0.1, 0.15) is 17.1 Å². The van der Waals surface area contributed by atoms with Crippen molar-refractivity contribution in [2.75, 3.05) is 11.5 Å². The van der Waals surface area contributed by atoms with Crippen molar-refractivity contribution >= 4 is 17.6 Å². The maximum Gasteiger partial charge on any atom is 0.339 e. The lowest BCUT2D eigenvalue weighted by Crippen LogP contribution is -2.30. The number of benzene rings is 1. The molecule has 1 aliphatic rings. The molecule has 0 spiro atoms. The summed E-state index contributed by atoms with van der Waals surface area (Å²) >= 11 is 0. The van der Waals surface area contributed by atoms with E-state index in [0.717, 1.165) is 0 Å². The first-order valence-corrected chi connectivity index (χ1v) is 6.48. The minimum absolute atomic E-state index is 0.0606. The molecular formula is C15H13NO5. The lowest BCUT2D eigenvalue weighted by Gasteiger charge is -2.21. The Kier molecular flexibility index (Phi) is 3.35. The molecule has 0 saturated heterocycles. The van der Waals surface area contributed by atoms with Crippen molar-refractivity contribution in [3.05, 3.63) is 47.9 Å². The number of nitrogens with zero attached hydrogens (tertiary/aromatic N) is 1. The number of carboxylic acids is 1. The van der Waals surface area contributed by atoms with Crippen LogP contribution in [0.2, 0.25) is 0 Å². The maximum atomic E-state index is 12.2. The second-order valence-corrected chi connectivity index (χ2v) is 4.61. The third kappa shape index (κ3) is 2.47. The highest BCUT2D eigenvalue weighted by Crippen LogP contribution is 2.32. The molecule has 21 heavy (non-hydrogen) atoms. The van der Waals surface area contributed by atoms with Gasteiger partial charge >= 0.3 is 5.97 Å². The van der Waals surface area contributed by atoms with Crippen molar-refractivity contribution in [3.8, 4) is 5.75 Å². The molecule has 1 N–H and O–H groups in total. The Bertz CT molecular complexity index is 691. The van der Waals surface area contributed by atoms with Crippen molar-refractivity contribution < 1.29 is 23.8 Å². The van der Waals surface area contributed by atoms with E-state index in [1.807, 2.05) is 6.07 Å². The summed E-state index contributed by atoms with van der Waals surface area (Å²) in [6.07, 6.45) is 1.54. The minimum Gasteiger partial charge on any atom is -0.491 e. The predicted molar refractivity (Wildman–Crippen MR) is 73.4 cm³/mol. The molecule has 108 valence electrons. The van der Waals surface area contributed by atoms with Crippen LogP contribution in [-0.4, -0.2) is 23.6 Å². The molecule has 6 nitrogen and oxygen atoms in total. The van der Waals surface area contributed by atoms with Crippen LogP contribution in [0, 0.1) is 0 Å². The van der Waals surface area contributed by atoms with E-state index in [-0.39, 0.29) is 30.2 Å². The predicted octanol–water partition coefficient (Wildman–Crippen LogP) is 2.29. The van der Waals surface area contributed by atoms with Gasteiger partial charge in [0.2, 0.25) is 5.91 Å². The highest BCUT2D eigenvalue weighted by atomic mass is 16.5. The summed E-state index contributed by atoms with van der Waals surface area (Å²) in [5.41, 5.74) is 0.679. The van der Waals surface area contributed by atoms with Gasteiger partial charge in [-0.25, -0.2) is 4.79 Å². The first kappa shape index (κ1) is 13.2. The Hall–Kier alpha value is -2.76. The first-order valence-electron chi connectivity index (χ1n) is 6.48. The Labute approximate surface area is 120 Å². The fraction of sp³-hybridized carbons (Fsp3) is 0.200.